The molecule has 0 spiro atoms. The smallest absolute Gasteiger partial charge is 0.348 e. The second kappa shape index (κ2) is 8.96. The molecular formula is C16H18ClNO4. The summed E-state index contributed by atoms with van der Waals surface area (Å²) in [5, 5.41) is 9.42. The number of halogens is 1. The van der Waals surface area contributed by atoms with Crippen molar-refractivity contribution in [1.29, 1.82) is 5.26 Å². The summed E-state index contributed by atoms with van der Waals surface area (Å²) in [5.41, 5.74) is 0.355. The van der Waals surface area contributed by atoms with Crippen LogP contribution in [0.2, 0.25) is 5.02 Å². The molecule has 0 saturated carbocycles. The Bertz CT molecular complexity index is 605. The monoisotopic (exact) mass is 323 g/mol. The Morgan fingerprint density at radius 1 is 1.18 bits per heavy atom. The van der Waals surface area contributed by atoms with Crippen LogP contribution in [0.5, 0.6) is 11.5 Å². The fourth-order valence-electron chi connectivity index (χ4n) is 1.70. The largest absolute Gasteiger partial charge is 0.490 e. The first-order valence-corrected chi connectivity index (χ1v) is 7.33. The average molecular weight is 324 g/mol. The van der Waals surface area contributed by atoms with Crippen molar-refractivity contribution in [3.8, 4) is 17.6 Å². The summed E-state index contributed by atoms with van der Waals surface area (Å²) in [5.74, 6) is 0.329. The van der Waals surface area contributed by atoms with Crippen molar-refractivity contribution in [1.82, 2.24) is 0 Å². The Hall–Kier alpha value is -2.19. The summed E-state index contributed by atoms with van der Waals surface area (Å²) in [6.45, 7) is 6.49. The highest BCUT2D eigenvalue weighted by molar-refractivity contribution is 6.32. The van der Waals surface area contributed by atoms with Gasteiger partial charge >= 0.3 is 5.97 Å². The molecule has 0 aliphatic carbocycles. The molecule has 1 rings (SSSR count). The molecule has 0 saturated heterocycles. The van der Waals surface area contributed by atoms with E-state index in [2.05, 4.69) is 0 Å². The maximum absolute atomic E-state index is 11.7. The number of esters is 1. The first kappa shape index (κ1) is 17.9. The van der Waals surface area contributed by atoms with Crippen molar-refractivity contribution in [3.63, 3.8) is 0 Å². The summed E-state index contributed by atoms with van der Waals surface area (Å²) in [6, 6.07) is 5.04. The number of hydrogen-bond donors (Lipinski definition) is 0. The van der Waals surface area contributed by atoms with Crippen molar-refractivity contribution in [2.75, 3.05) is 19.8 Å². The Kier molecular flexibility index (Phi) is 7.27. The first-order valence-electron chi connectivity index (χ1n) is 6.95. The molecule has 0 aliphatic rings. The molecule has 0 heterocycles. The van der Waals surface area contributed by atoms with Crippen molar-refractivity contribution in [2.24, 2.45) is 0 Å². The summed E-state index contributed by atoms with van der Waals surface area (Å²) in [6.07, 6.45) is 1.37. The van der Waals surface area contributed by atoms with Gasteiger partial charge in [-0.05, 0) is 38.5 Å². The van der Waals surface area contributed by atoms with Crippen LogP contribution in [-0.2, 0) is 9.53 Å². The molecule has 0 aromatic heterocycles. The van der Waals surface area contributed by atoms with Crippen molar-refractivity contribution < 1.29 is 19.0 Å². The molecule has 1 aromatic carbocycles. The van der Waals surface area contributed by atoms with Gasteiger partial charge in [-0.15, -0.1) is 0 Å². The predicted octanol–water partition coefficient (Wildman–Crippen LogP) is 3.61. The van der Waals surface area contributed by atoms with Gasteiger partial charge in [-0.3, -0.25) is 0 Å². The molecule has 0 N–H and O–H groups in total. The zero-order valence-corrected chi connectivity index (χ0v) is 13.6. The first-order chi connectivity index (χ1) is 10.6. The van der Waals surface area contributed by atoms with Gasteiger partial charge in [-0.2, -0.15) is 5.26 Å². The third kappa shape index (κ3) is 4.68. The lowest BCUT2D eigenvalue weighted by molar-refractivity contribution is -0.137. The quantitative estimate of drug-likeness (QED) is 0.435. The Balaban J connectivity index is 3.26. The maximum atomic E-state index is 11.7. The normalized spacial score (nSPS) is 10.8. The van der Waals surface area contributed by atoms with Gasteiger partial charge in [0.25, 0.3) is 0 Å². The van der Waals surface area contributed by atoms with Gasteiger partial charge in [0.2, 0.25) is 0 Å². The van der Waals surface area contributed by atoms with Gasteiger partial charge in [0.15, 0.2) is 11.5 Å². The average Bonchev–Trinajstić information content (AvgIpc) is 2.49. The van der Waals surface area contributed by atoms with Gasteiger partial charge in [-0.1, -0.05) is 11.6 Å². The standard InChI is InChI=1S/C16H18ClNO4/c1-4-20-14-8-11(13(17)9-15(14)21-5-2)7-12(10-18)16(19)22-6-3/h7-9H,4-6H2,1-3H3/b12-7+. The van der Waals surface area contributed by atoms with E-state index in [4.69, 9.17) is 31.1 Å². The molecule has 0 radical (unpaired) electrons. The summed E-state index contributed by atoms with van der Waals surface area (Å²) in [7, 11) is 0. The molecule has 1 aromatic rings. The number of carbonyl (C=O) groups is 1. The van der Waals surface area contributed by atoms with Gasteiger partial charge in [0, 0.05) is 6.07 Å². The van der Waals surface area contributed by atoms with E-state index in [-0.39, 0.29) is 12.2 Å². The minimum absolute atomic E-state index is 0.129. The van der Waals surface area contributed by atoms with E-state index in [1.165, 1.54) is 6.08 Å². The molecule has 0 aliphatic heterocycles. The highest BCUT2D eigenvalue weighted by Crippen LogP contribution is 2.34. The van der Waals surface area contributed by atoms with Crippen LogP contribution < -0.4 is 9.47 Å². The third-order valence-corrected chi connectivity index (χ3v) is 2.91. The molecule has 0 fully saturated rings. The van der Waals surface area contributed by atoms with Crippen molar-refractivity contribution in [2.45, 2.75) is 20.8 Å². The second-order valence-electron chi connectivity index (χ2n) is 4.08. The molecule has 0 atom stereocenters. The number of ether oxygens (including phenoxy) is 3. The van der Waals surface area contributed by atoms with Crippen LogP contribution >= 0.6 is 11.6 Å². The Labute approximate surface area is 135 Å². The minimum atomic E-state index is -0.687. The zero-order chi connectivity index (χ0) is 16.5. The van der Waals surface area contributed by atoms with Gasteiger partial charge < -0.3 is 14.2 Å². The fraction of sp³-hybridized carbons (Fsp3) is 0.375. The van der Waals surface area contributed by atoms with E-state index in [9.17, 15) is 4.79 Å². The molecule has 118 valence electrons. The van der Waals surface area contributed by atoms with E-state index in [0.717, 1.165) is 0 Å². The Morgan fingerprint density at radius 2 is 1.77 bits per heavy atom. The molecule has 0 bridgehead atoms. The maximum Gasteiger partial charge on any atom is 0.348 e. The van der Waals surface area contributed by atoms with Gasteiger partial charge in [-0.25, -0.2) is 4.79 Å². The van der Waals surface area contributed by atoms with E-state index < -0.39 is 5.97 Å². The lowest BCUT2D eigenvalue weighted by Crippen LogP contribution is -2.06. The Morgan fingerprint density at radius 3 is 2.27 bits per heavy atom. The highest BCUT2D eigenvalue weighted by Gasteiger charge is 2.14. The van der Waals surface area contributed by atoms with Gasteiger partial charge in [0.1, 0.15) is 11.6 Å². The summed E-state index contributed by atoms with van der Waals surface area (Å²) >= 11 is 6.18. The van der Waals surface area contributed by atoms with Crippen LogP contribution in [0, 0.1) is 11.3 Å². The number of hydrogen-bond acceptors (Lipinski definition) is 5. The lowest BCUT2D eigenvalue weighted by atomic mass is 10.1. The molecule has 6 heteroatoms. The zero-order valence-electron chi connectivity index (χ0n) is 12.8. The van der Waals surface area contributed by atoms with Crippen LogP contribution in [-0.4, -0.2) is 25.8 Å². The van der Waals surface area contributed by atoms with Crippen LogP contribution in [0.15, 0.2) is 17.7 Å². The third-order valence-electron chi connectivity index (χ3n) is 2.58. The highest BCUT2D eigenvalue weighted by atomic mass is 35.5. The van der Waals surface area contributed by atoms with Crippen LogP contribution in [0.3, 0.4) is 0 Å². The van der Waals surface area contributed by atoms with E-state index in [1.54, 1.807) is 19.1 Å². The van der Waals surface area contributed by atoms with Crippen molar-refractivity contribution in [3.05, 3.63) is 28.3 Å². The number of nitrogens with zero attached hydrogens (tertiary/aromatic N) is 1. The summed E-state index contributed by atoms with van der Waals surface area (Å²) < 4.78 is 15.8. The van der Waals surface area contributed by atoms with E-state index >= 15 is 0 Å². The topological polar surface area (TPSA) is 68.6 Å². The molecule has 5 nitrogen and oxygen atoms in total. The predicted molar refractivity (Wildman–Crippen MR) is 84.0 cm³/mol. The molecular weight excluding hydrogens is 306 g/mol. The minimum Gasteiger partial charge on any atom is -0.490 e. The van der Waals surface area contributed by atoms with Crippen LogP contribution in [0.4, 0.5) is 0 Å². The molecule has 0 unspecified atom stereocenters. The number of rotatable bonds is 7. The van der Waals surface area contributed by atoms with Crippen LogP contribution in [0.1, 0.15) is 26.3 Å². The SMILES string of the molecule is CCOC(=O)/C(C#N)=C/c1cc(OCC)c(OCC)cc1Cl. The number of carbonyl (C=O) groups excluding carboxylic acids is 1. The summed E-state index contributed by atoms with van der Waals surface area (Å²) in [4.78, 5) is 11.7. The van der Waals surface area contributed by atoms with Gasteiger partial charge in [0.05, 0.1) is 24.8 Å². The van der Waals surface area contributed by atoms with Crippen molar-refractivity contribution >= 4 is 23.6 Å². The number of nitriles is 1. The molecule has 22 heavy (non-hydrogen) atoms. The number of benzene rings is 1. The fourth-order valence-corrected chi connectivity index (χ4v) is 1.91. The second-order valence-corrected chi connectivity index (χ2v) is 4.48. The van der Waals surface area contributed by atoms with E-state index in [0.29, 0.717) is 35.3 Å². The lowest BCUT2D eigenvalue weighted by Gasteiger charge is -2.13. The molecule has 0 amide bonds. The van der Waals surface area contributed by atoms with Crippen LogP contribution in [0.25, 0.3) is 6.08 Å². The van der Waals surface area contributed by atoms with E-state index in [1.807, 2.05) is 19.9 Å².